The van der Waals surface area contributed by atoms with Gasteiger partial charge in [0.25, 0.3) is 0 Å². The zero-order valence-electron chi connectivity index (χ0n) is 14.3. The Morgan fingerprint density at radius 2 is 1.80 bits per heavy atom. The van der Waals surface area contributed by atoms with Crippen molar-refractivity contribution in [3.05, 3.63) is 53.1 Å². The van der Waals surface area contributed by atoms with Crippen LogP contribution in [0.4, 0.5) is 0 Å². The standard InChI is InChI=1S/C19H21ClO5/c1-22-17-8-6-14(12-18(17)23-2)7-9-19(21)25-11-10-24-16-5-3-4-15(20)13-16/h3-6,8,12-13H,7,9-11H2,1-2H3. The third-order valence-corrected chi connectivity index (χ3v) is 3.71. The van der Waals surface area contributed by atoms with Gasteiger partial charge in [-0.05, 0) is 42.3 Å². The highest BCUT2D eigenvalue weighted by molar-refractivity contribution is 6.30. The minimum absolute atomic E-state index is 0.192. The molecule has 0 aliphatic heterocycles. The Kier molecular flexibility index (Phi) is 7.41. The van der Waals surface area contributed by atoms with Crippen molar-refractivity contribution in [2.24, 2.45) is 0 Å². The monoisotopic (exact) mass is 364 g/mol. The van der Waals surface area contributed by atoms with Crippen molar-refractivity contribution in [3.8, 4) is 17.2 Å². The lowest BCUT2D eigenvalue weighted by Crippen LogP contribution is -2.12. The molecular weight excluding hydrogens is 344 g/mol. The van der Waals surface area contributed by atoms with E-state index >= 15 is 0 Å². The number of hydrogen-bond acceptors (Lipinski definition) is 5. The van der Waals surface area contributed by atoms with Crippen molar-refractivity contribution < 1.29 is 23.7 Å². The van der Waals surface area contributed by atoms with Crippen LogP contribution in [0.25, 0.3) is 0 Å². The molecule has 2 rings (SSSR count). The second-order valence-electron chi connectivity index (χ2n) is 5.22. The molecule has 6 heteroatoms. The Labute approximate surface area is 152 Å². The first-order chi connectivity index (χ1) is 12.1. The molecule has 0 radical (unpaired) electrons. The molecule has 0 fully saturated rings. The number of ether oxygens (including phenoxy) is 4. The normalized spacial score (nSPS) is 10.2. The second-order valence-corrected chi connectivity index (χ2v) is 5.65. The average molecular weight is 365 g/mol. The van der Waals surface area contributed by atoms with Gasteiger partial charge in [0.05, 0.1) is 14.2 Å². The molecule has 134 valence electrons. The van der Waals surface area contributed by atoms with Crippen LogP contribution in [0.1, 0.15) is 12.0 Å². The number of methoxy groups -OCH3 is 2. The van der Waals surface area contributed by atoms with E-state index in [4.69, 9.17) is 30.5 Å². The first-order valence-corrected chi connectivity index (χ1v) is 8.25. The highest BCUT2D eigenvalue weighted by Crippen LogP contribution is 2.28. The minimum Gasteiger partial charge on any atom is -0.493 e. The van der Waals surface area contributed by atoms with Crippen LogP contribution in [-0.2, 0) is 16.0 Å². The van der Waals surface area contributed by atoms with E-state index in [0.29, 0.717) is 28.7 Å². The number of carbonyl (C=O) groups is 1. The Morgan fingerprint density at radius 3 is 2.52 bits per heavy atom. The molecule has 0 amide bonds. The molecule has 0 atom stereocenters. The highest BCUT2D eigenvalue weighted by Gasteiger charge is 2.08. The van der Waals surface area contributed by atoms with E-state index in [2.05, 4.69) is 0 Å². The maximum atomic E-state index is 11.8. The van der Waals surface area contributed by atoms with Gasteiger partial charge < -0.3 is 18.9 Å². The summed E-state index contributed by atoms with van der Waals surface area (Å²) in [4.78, 5) is 11.8. The van der Waals surface area contributed by atoms with Crippen LogP contribution in [0.2, 0.25) is 5.02 Å². The van der Waals surface area contributed by atoms with Crippen molar-refractivity contribution in [1.29, 1.82) is 0 Å². The summed E-state index contributed by atoms with van der Waals surface area (Å²) >= 11 is 5.87. The molecule has 0 aliphatic rings. The molecule has 0 saturated heterocycles. The Bertz CT molecular complexity index is 702. The zero-order chi connectivity index (χ0) is 18.1. The van der Waals surface area contributed by atoms with E-state index in [1.165, 1.54) is 0 Å². The molecule has 2 aromatic rings. The average Bonchev–Trinajstić information content (AvgIpc) is 2.63. The summed E-state index contributed by atoms with van der Waals surface area (Å²) in [5, 5.41) is 0.601. The lowest BCUT2D eigenvalue weighted by molar-refractivity contribution is -0.144. The van der Waals surface area contributed by atoms with E-state index in [9.17, 15) is 4.79 Å². The number of hydrogen-bond donors (Lipinski definition) is 0. The number of rotatable bonds is 9. The second kappa shape index (κ2) is 9.79. The van der Waals surface area contributed by atoms with E-state index in [1.54, 1.807) is 38.5 Å². The number of benzene rings is 2. The van der Waals surface area contributed by atoms with E-state index in [-0.39, 0.29) is 25.6 Å². The molecular formula is C19H21ClO5. The van der Waals surface area contributed by atoms with Gasteiger partial charge in [0, 0.05) is 11.4 Å². The number of aryl methyl sites for hydroxylation is 1. The fourth-order valence-electron chi connectivity index (χ4n) is 2.23. The molecule has 2 aromatic carbocycles. The quantitative estimate of drug-likeness (QED) is 0.498. The van der Waals surface area contributed by atoms with E-state index in [0.717, 1.165) is 5.56 Å². The smallest absolute Gasteiger partial charge is 0.306 e. The maximum Gasteiger partial charge on any atom is 0.306 e. The van der Waals surface area contributed by atoms with E-state index in [1.807, 2.05) is 18.2 Å². The summed E-state index contributed by atoms with van der Waals surface area (Å²) in [6, 6.07) is 12.6. The fourth-order valence-corrected chi connectivity index (χ4v) is 2.41. The molecule has 0 aromatic heterocycles. The minimum atomic E-state index is -0.274. The summed E-state index contributed by atoms with van der Waals surface area (Å²) < 4.78 is 21.1. The lowest BCUT2D eigenvalue weighted by atomic mass is 10.1. The molecule has 0 heterocycles. The predicted molar refractivity (Wildman–Crippen MR) is 95.8 cm³/mol. The number of halogens is 1. The zero-order valence-corrected chi connectivity index (χ0v) is 15.0. The first kappa shape index (κ1) is 18.9. The topological polar surface area (TPSA) is 54.0 Å². The van der Waals surface area contributed by atoms with Gasteiger partial charge in [-0.25, -0.2) is 0 Å². The van der Waals surface area contributed by atoms with Crippen molar-refractivity contribution >= 4 is 17.6 Å². The summed E-state index contributed by atoms with van der Waals surface area (Å²) in [6.07, 6.45) is 0.848. The van der Waals surface area contributed by atoms with Gasteiger partial charge in [0.15, 0.2) is 11.5 Å². The molecule has 5 nitrogen and oxygen atoms in total. The Hall–Kier alpha value is -2.40. The van der Waals surface area contributed by atoms with Gasteiger partial charge in [0.1, 0.15) is 19.0 Å². The van der Waals surface area contributed by atoms with Crippen LogP contribution >= 0.6 is 11.6 Å². The third-order valence-electron chi connectivity index (χ3n) is 3.48. The van der Waals surface area contributed by atoms with Gasteiger partial charge >= 0.3 is 5.97 Å². The molecule has 0 unspecified atom stereocenters. The van der Waals surface area contributed by atoms with E-state index < -0.39 is 0 Å². The van der Waals surface area contributed by atoms with Crippen LogP contribution in [0, 0.1) is 0 Å². The van der Waals surface area contributed by atoms with Crippen molar-refractivity contribution in [3.63, 3.8) is 0 Å². The van der Waals surface area contributed by atoms with Crippen LogP contribution in [0.3, 0.4) is 0 Å². The summed E-state index contributed by atoms with van der Waals surface area (Å²) in [5.41, 5.74) is 0.977. The summed E-state index contributed by atoms with van der Waals surface area (Å²) in [7, 11) is 3.16. The SMILES string of the molecule is COc1ccc(CCC(=O)OCCOc2cccc(Cl)c2)cc1OC. The van der Waals surface area contributed by atoms with Crippen molar-refractivity contribution in [1.82, 2.24) is 0 Å². The molecule has 0 aliphatic carbocycles. The van der Waals surface area contributed by atoms with Gasteiger partial charge in [-0.15, -0.1) is 0 Å². The van der Waals surface area contributed by atoms with Gasteiger partial charge in [-0.2, -0.15) is 0 Å². The largest absolute Gasteiger partial charge is 0.493 e. The molecule has 0 N–H and O–H groups in total. The van der Waals surface area contributed by atoms with Gasteiger partial charge in [-0.1, -0.05) is 23.7 Å². The molecule has 0 saturated carbocycles. The van der Waals surface area contributed by atoms with Crippen molar-refractivity contribution in [2.45, 2.75) is 12.8 Å². The van der Waals surface area contributed by atoms with Crippen LogP contribution in [0.5, 0.6) is 17.2 Å². The Morgan fingerprint density at radius 1 is 1.00 bits per heavy atom. The number of carbonyl (C=O) groups excluding carboxylic acids is 1. The lowest BCUT2D eigenvalue weighted by Gasteiger charge is -2.10. The first-order valence-electron chi connectivity index (χ1n) is 7.87. The van der Waals surface area contributed by atoms with Gasteiger partial charge in [-0.3, -0.25) is 4.79 Å². The highest BCUT2D eigenvalue weighted by atomic mass is 35.5. The summed E-state index contributed by atoms with van der Waals surface area (Å²) in [6.45, 7) is 0.472. The molecule has 0 bridgehead atoms. The maximum absolute atomic E-state index is 11.8. The summed E-state index contributed by atoms with van der Waals surface area (Å²) in [5.74, 6) is 1.67. The van der Waals surface area contributed by atoms with Crippen LogP contribution in [-0.4, -0.2) is 33.4 Å². The van der Waals surface area contributed by atoms with Crippen LogP contribution in [0.15, 0.2) is 42.5 Å². The van der Waals surface area contributed by atoms with Crippen molar-refractivity contribution in [2.75, 3.05) is 27.4 Å². The number of esters is 1. The van der Waals surface area contributed by atoms with Crippen LogP contribution < -0.4 is 14.2 Å². The predicted octanol–water partition coefficient (Wildman–Crippen LogP) is 3.91. The Balaban J connectivity index is 1.70. The van der Waals surface area contributed by atoms with Gasteiger partial charge in [0.2, 0.25) is 0 Å². The molecule has 25 heavy (non-hydrogen) atoms. The fraction of sp³-hybridized carbons (Fsp3) is 0.316. The molecule has 0 spiro atoms. The third kappa shape index (κ3) is 6.19.